The van der Waals surface area contributed by atoms with Gasteiger partial charge in [-0.3, -0.25) is 9.59 Å². The molecule has 0 heterocycles. The Kier molecular flexibility index (Phi) is 7.25. The molecule has 1 unspecified atom stereocenters. The largest absolute Gasteiger partial charge is 0.344 e. The highest BCUT2D eigenvalue weighted by atomic mass is 16.2. The summed E-state index contributed by atoms with van der Waals surface area (Å²) in [5, 5.41) is 5.23. The van der Waals surface area contributed by atoms with Crippen LogP contribution in [0, 0.1) is 5.92 Å². The van der Waals surface area contributed by atoms with Crippen molar-refractivity contribution in [1.29, 1.82) is 0 Å². The number of aldehydes is 1. The van der Waals surface area contributed by atoms with E-state index in [2.05, 4.69) is 10.6 Å². The third-order valence-electron chi connectivity index (χ3n) is 3.24. The number of nitrogens with one attached hydrogen (secondary N) is 2. The van der Waals surface area contributed by atoms with Gasteiger partial charge in [0.25, 0.3) is 0 Å². The summed E-state index contributed by atoms with van der Waals surface area (Å²) < 4.78 is 0. The first-order valence-corrected chi connectivity index (χ1v) is 7.27. The minimum absolute atomic E-state index is 0.112. The van der Waals surface area contributed by atoms with Crippen molar-refractivity contribution in [2.75, 3.05) is 6.54 Å². The highest BCUT2D eigenvalue weighted by Gasteiger charge is 2.25. The topological polar surface area (TPSA) is 101 Å². The third-order valence-corrected chi connectivity index (χ3v) is 3.24. The summed E-state index contributed by atoms with van der Waals surface area (Å²) in [6.45, 7) is 3.44. The van der Waals surface area contributed by atoms with Crippen LogP contribution in [0.1, 0.15) is 19.4 Å². The Balaban J connectivity index is 2.69. The minimum atomic E-state index is -0.714. The lowest BCUT2D eigenvalue weighted by atomic mass is 10.0. The number of carbonyl (C=O) groups is 3. The van der Waals surface area contributed by atoms with Gasteiger partial charge in [0.1, 0.15) is 12.3 Å². The predicted molar refractivity (Wildman–Crippen MR) is 84.0 cm³/mol. The van der Waals surface area contributed by atoms with Gasteiger partial charge in [0.2, 0.25) is 11.8 Å². The highest BCUT2D eigenvalue weighted by molar-refractivity contribution is 5.89. The Morgan fingerprint density at radius 1 is 1.18 bits per heavy atom. The van der Waals surface area contributed by atoms with E-state index in [1.807, 2.05) is 44.2 Å². The molecule has 0 aliphatic heterocycles. The first kappa shape index (κ1) is 17.8. The van der Waals surface area contributed by atoms with Gasteiger partial charge in [0, 0.05) is 0 Å². The molecule has 0 spiro atoms. The molecule has 1 aromatic carbocycles. The monoisotopic (exact) mass is 305 g/mol. The van der Waals surface area contributed by atoms with Crippen LogP contribution in [0.3, 0.4) is 0 Å². The van der Waals surface area contributed by atoms with Gasteiger partial charge in [0.15, 0.2) is 0 Å². The molecule has 0 aliphatic rings. The summed E-state index contributed by atoms with van der Waals surface area (Å²) in [7, 11) is 0. The average Bonchev–Trinajstić information content (AvgIpc) is 2.52. The molecule has 0 aromatic heterocycles. The van der Waals surface area contributed by atoms with Crippen molar-refractivity contribution in [3.05, 3.63) is 35.9 Å². The van der Waals surface area contributed by atoms with Gasteiger partial charge in [0.05, 0.1) is 12.6 Å². The molecule has 0 fully saturated rings. The van der Waals surface area contributed by atoms with Crippen molar-refractivity contribution < 1.29 is 14.4 Å². The van der Waals surface area contributed by atoms with Gasteiger partial charge >= 0.3 is 0 Å². The molecule has 0 aliphatic carbocycles. The molecule has 1 aromatic rings. The van der Waals surface area contributed by atoms with Crippen molar-refractivity contribution in [2.45, 2.75) is 32.4 Å². The number of rotatable bonds is 8. The van der Waals surface area contributed by atoms with E-state index in [9.17, 15) is 14.4 Å². The summed E-state index contributed by atoms with van der Waals surface area (Å²) in [6.07, 6.45) is 1.11. The zero-order chi connectivity index (χ0) is 16.5. The van der Waals surface area contributed by atoms with Gasteiger partial charge in [-0.05, 0) is 17.9 Å². The van der Waals surface area contributed by atoms with Crippen LogP contribution in [0.15, 0.2) is 30.3 Å². The molecule has 22 heavy (non-hydrogen) atoms. The Morgan fingerprint density at radius 2 is 1.82 bits per heavy atom. The van der Waals surface area contributed by atoms with Crippen molar-refractivity contribution in [3.63, 3.8) is 0 Å². The van der Waals surface area contributed by atoms with E-state index >= 15 is 0 Å². The van der Waals surface area contributed by atoms with Crippen molar-refractivity contribution in [1.82, 2.24) is 10.6 Å². The zero-order valence-electron chi connectivity index (χ0n) is 12.9. The molecule has 0 saturated heterocycles. The van der Waals surface area contributed by atoms with E-state index in [1.54, 1.807) is 0 Å². The highest BCUT2D eigenvalue weighted by Crippen LogP contribution is 2.05. The van der Waals surface area contributed by atoms with Gasteiger partial charge < -0.3 is 21.2 Å². The summed E-state index contributed by atoms with van der Waals surface area (Å²) in [5.74, 6) is -0.899. The lowest BCUT2D eigenvalue weighted by Gasteiger charge is -2.23. The van der Waals surface area contributed by atoms with Crippen LogP contribution in [0.25, 0.3) is 0 Å². The number of nitrogens with two attached hydrogens (primary N) is 1. The summed E-state index contributed by atoms with van der Waals surface area (Å²) >= 11 is 0. The fourth-order valence-corrected chi connectivity index (χ4v) is 2.04. The molecule has 6 heteroatoms. The fraction of sp³-hybridized carbons (Fsp3) is 0.438. The molecule has 0 radical (unpaired) electrons. The normalized spacial score (nSPS) is 13.3. The van der Waals surface area contributed by atoms with E-state index in [0.717, 1.165) is 5.56 Å². The number of amides is 2. The zero-order valence-corrected chi connectivity index (χ0v) is 12.9. The molecule has 0 bridgehead atoms. The second-order valence-electron chi connectivity index (χ2n) is 5.43. The quantitative estimate of drug-likeness (QED) is 0.589. The van der Waals surface area contributed by atoms with Crippen LogP contribution in [0.4, 0.5) is 0 Å². The Labute approximate surface area is 130 Å². The minimum Gasteiger partial charge on any atom is -0.344 e. The van der Waals surface area contributed by atoms with Crippen LogP contribution in [-0.2, 0) is 20.8 Å². The number of benzene rings is 1. The first-order valence-electron chi connectivity index (χ1n) is 7.27. The number of hydrogen-bond acceptors (Lipinski definition) is 4. The molecular formula is C16H23N3O3. The third kappa shape index (κ3) is 5.65. The number of carbonyl (C=O) groups excluding carboxylic acids is 3. The average molecular weight is 305 g/mol. The molecule has 120 valence electrons. The first-order chi connectivity index (χ1) is 10.5. The maximum absolute atomic E-state index is 12.3. The molecule has 6 nitrogen and oxygen atoms in total. The SMILES string of the molecule is CC(C)[C@H](NC(=O)CN)C(=O)NC(C=O)Cc1ccccc1. The summed E-state index contributed by atoms with van der Waals surface area (Å²) in [4.78, 5) is 34.9. The van der Waals surface area contributed by atoms with E-state index in [0.29, 0.717) is 12.7 Å². The molecule has 0 saturated carbocycles. The van der Waals surface area contributed by atoms with E-state index < -0.39 is 18.0 Å². The van der Waals surface area contributed by atoms with Crippen molar-refractivity contribution >= 4 is 18.1 Å². The molecule has 2 amide bonds. The van der Waals surface area contributed by atoms with Crippen LogP contribution >= 0.6 is 0 Å². The van der Waals surface area contributed by atoms with Crippen LogP contribution < -0.4 is 16.4 Å². The van der Waals surface area contributed by atoms with E-state index in [4.69, 9.17) is 5.73 Å². The molecule has 2 atom stereocenters. The summed E-state index contributed by atoms with van der Waals surface area (Å²) in [5.41, 5.74) is 6.20. The lowest BCUT2D eigenvalue weighted by molar-refractivity contribution is -0.130. The van der Waals surface area contributed by atoms with E-state index in [-0.39, 0.29) is 18.4 Å². The van der Waals surface area contributed by atoms with Crippen LogP contribution in [-0.4, -0.2) is 36.7 Å². The molecule has 1 rings (SSSR count). The van der Waals surface area contributed by atoms with Crippen molar-refractivity contribution in [3.8, 4) is 0 Å². The van der Waals surface area contributed by atoms with Crippen LogP contribution in [0.5, 0.6) is 0 Å². The second kappa shape index (κ2) is 8.94. The molecular weight excluding hydrogens is 282 g/mol. The Bertz CT molecular complexity index is 503. The maximum atomic E-state index is 12.3. The summed E-state index contributed by atoms with van der Waals surface area (Å²) in [6, 6.07) is 8.06. The standard InChI is InChI=1S/C16H23N3O3/c1-11(2)15(19-14(21)9-17)16(22)18-13(10-20)8-12-6-4-3-5-7-12/h3-7,10-11,13,15H,8-9,17H2,1-2H3,(H,18,22)(H,19,21)/t13?,15-/m0/s1. The smallest absolute Gasteiger partial charge is 0.243 e. The van der Waals surface area contributed by atoms with Crippen molar-refractivity contribution in [2.24, 2.45) is 11.7 Å². The van der Waals surface area contributed by atoms with E-state index in [1.165, 1.54) is 0 Å². The fourth-order valence-electron chi connectivity index (χ4n) is 2.04. The molecule has 4 N–H and O–H groups in total. The Hall–Kier alpha value is -2.21. The van der Waals surface area contributed by atoms with Gasteiger partial charge in [-0.1, -0.05) is 44.2 Å². The second-order valence-corrected chi connectivity index (χ2v) is 5.43. The Morgan fingerprint density at radius 3 is 2.32 bits per heavy atom. The predicted octanol–water partition coefficient (Wildman–Crippen LogP) is 0.0123. The maximum Gasteiger partial charge on any atom is 0.243 e. The van der Waals surface area contributed by atoms with Gasteiger partial charge in [-0.15, -0.1) is 0 Å². The van der Waals surface area contributed by atoms with Gasteiger partial charge in [-0.25, -0.2) is 0 Å². The lowest BCUT2D eigenvalue weighted by Crippen LogP contribution is -2.53. The van der Waals surface area contributed by atoms with Crippen LogP contribution in [0.2, 0.25) is 0 Å². The number of hydrogen-bond donors (Lipinski definition) is 3. The van der Waals surface area contributed by atoms with Gasteiger partial charge in [-0.2, -0.15) is 0 Å².